The van der Waals surface area contributed by atoms with E-state index in [9.17, 15) is 20.1 Å². The Morgan fingerprint density at radius 1 is 1.61 bits per heavy atom. The SMILES string of the molecule is CC(=O)c1ncn([C@@H]2C3C[C@@]3(CO)C(O)[C@H]2O)n1. The van der Waals surface area contributed by atoms with Gasteiger partial charge in [0, 0.05) is 12.3 Å². The van der Waals surface area contributed by atoms with Gasteiger partial charge in [0.05, 0.1) is 18.8 Å². The molecular formula is C11H15N3O4. The summed E-state index contributed by atoms with van der Waals surface area (Å²) >= 11 is 0. The molecule has 0 aliphatic heterocycles. The van der Waals surface area contributed by atoms with Gasteiger partial charge in [0.1, 0.15) is 12.4 Å². The number of aromatic nitrogens is 3. The Morgan fingerprint density at radius 3 is 2.83 bits per heavy atom. The number of hydrogen-bond acceptors (Lipinski definition) is 6. The first kappa shape index (κ1) is 11.8. The van der Waals surface area contributed by atoms with Crippen LogP contribution in [0.5, 0.6) is 0 Å². The molecule has 5 atom stereocenters. The summed E-state index contributed by atoms with van der Waals surface area (Å²) in [5.41, 5.74) is -0.605. The van der Waals surface area contributed by atoms with Gasteiger partial charge in [-0.25, -0.2) is 9.67 Å². The topological polar surface area (TPSA) is 108 Å². The Kier molecular flexibility index (Phi) is 2.35. The molecule has 0 aromatic carbocycles. The van der Waals surface area contributed by atoms with Gasteiger partial charge in [-0.2, -0.15) is 0 Å². The van der Waals surface area contributed by atoms with E-state index < -0.39 is 23.7 Å². The normalized spacial score (nSPS) is 41.8. The van der Waals surface area contributed by atoms with Crippen LogP contribution in [0.3, 0.4) is 0 Å². The Hall–Kier alpha value is -1.31. The fourth-order valence-corrected chi connectivity index (χ4v) is 3.11. The van der Waals surface area contributed by atoms with Gasteiger partial charge in [-0.15, -0.1) is 5.10 Å². The molecule has 0 amide bonds. The van der Waals surface area contributed by atoms with Crippen LogP contribution >= 0.6 is 0 Å². The average molecular weight is 253 g/mol. The van der Waals surface area contributed by atoms with Gasteiger partial charge >= 0.3 is 0 Å². The molecule has 0 saturated heterocycles. The van der Waals surface area contributed by atoms with Crippen molar-refractivity contribution < 1.29 is 20.1 Å². The van der Waals surface area contributed by atoms with Crippen molar-refractivity contribution in [2.24, 2.45) is 11.3 Å². The molecule has 18 heavy (non-hydrogen) atoms. The highest BCUT2D eigenvalue weighted by Crippen LogP contribution is 2.67. The van der Waals surface area contributed by atoms with E-state index in [4.69, 9.17) is 0 Å². The Balaban J connectivity index is 1.91. The first-order valence-electron chi connectivity index (χ1n) is 5.90. The van der Waals surface area contributed by atoms with E-state index in [2.05, 4.69) is 10.1 Å². The molecule has 98 valence electrons. The van der Waals surface area contributed by atoms with Crippen LogP contribution in [-0.4, -0.2) is 54.7 Å². The van der Waals surface area contributed by atoms with Crippen LogP contribution in [0.4, 0.5) is 0 Å². The van der Waals surface area contributed by atoms with Crippen molar-refractivity contribution in [3.8, 4) is 0 Å². The molecule has 2 aliphatic carbocycles. The number of hydrogen-bond donors (Lipinski definition) is 3. The van der Waals surface area contributed by atoms with Crippen LogP contribution in [0.15, 0.2) is 6.33 Å². The smallest absolute Gasteiger partial charge is 0.216 e. The van der Waals surface area contributed by atoms with Crippen LogP contribution in [0.25, 0.3) is 0 Å². The zero-order valence-electron chi connectivity index (χ0n) is 9.89. The molecule has 3 N–H and O–H groups in total. The lowest BCUT2D eigenvalue weighted by atomic mass is 10.0. The molecule has 0 bridgehead atoms. The summed E-state index contributed by atoms with van der Waals surface area (Å²) < 4.78 is 1.43. The lowest BCUT2D eigenvalue weighted by molar-refractivity contribution is -0.0318. The minimum Gasteiger partial charge on any atom is -0.396 e. The van der Waals surface area contributed by atoms with Gasteiger partial charge in [-0.1, -0.05) is 0 Å². The van der Waals surface area contributed by atoms with Crippen molar-refractivity contribution in [1.29, 1.82) is 0 Å². The molecule has 3 rings (SSSR count). The molecule has 1 aromatic rings. The lowest BCUT2D eigenvalue weighted by Crippen LogP contribution is -2.35. The van der Waals surface area contributed by atoms with Crippen LogP contribution in [0.1, 0.15) is 30.0 Å². The molecule has 7 nitrogen and oxygen atoms in total. The third-order valence-electron chi connectivity index (χ3n) is 4.28. The van der Waals surface area contributed by atoms with Gasteiger partial charge in [-0.3, -0.25) is 4.79 Å². The molecule has 2 saturated carbocycles. The number of aliphatic hydroxyl groups is 3. The second kappa shape index (κ2) is 3.59. The highest BCUT2D eigenvalue weighted by Gasteiger charge is 2.71. The number of carbonyl (C=O) groups is 1. The molecule has 0 radical (unpaired) electrons. The number of Topliss-reactive ketones (excluding diaryl/α,β-unsaturated/α-hetero) is 1. The monoisotopic (exact) mass is 253 g/mol. The second-order valence-corrected chi connectivity index (χ2v) is 5.23. The van der Waals surface area contributed by atoms with E-state index in [1.54, 1.807) is 0 Å². The molecular weight excluding hydrogens is 238 g/mol. The van der Waals surface area contributed by atoms with E-state index in [0.29, 0.717) is 6.42 Å². The average Bonchev–Trinajstić information content (AvgIpc) is 2.76. The maximum atomic E-state index is 11.1. The lowest BCUT2D eigenvalue weighted by Gasteiger charge is -2.22. The molecule has 2 fully saturated rings. The van der Waals surface area contributed by atoms with Gasteiger partial charge in [0.2, 0.25) is 5.82 Å². The number of carbonyl (C=O) groups excluding carboxylic acids is 1. The highest BCUT2D eigenvalue weighted by atomic mass is 16.3. The molecule has 0 spiro atoms. The van der Waals surface area contributed by atoms with Crippen molar-refractivity contribution in [3.63, 3.8) is 0 Å². The minimum atomic E-state index is -0.989. The maximum Gasteiger partial charge on any atom is 0.216 e. The summed E-state index contributed by atoms with van der Waals surface area (Å²) in [6, 6.07) is -0.423. The third-order valence-corrected chi connectivity index (χ3v) is 4.28. The maximum absolute atomic E-state index is 11.1. The number of aliphatic hydroxyl groups excluding tert-OH is 3. The summed E-state index contributed by atoms with van der Waals surface area (Å²) in [4.78, 5) is 15.0. The zero-order valence-corrected chi connectivity index (χ0v) is 9.89. The van der Waals surface area contributed by atoms with Gasteiger partial charge in [-0.05, 0) is 12.3 Å². The quantitative estimate of drug-likeness (QED) is 0.581. The molecule has 7 heteroatoms. The van der Waals surface area contributed by atoms with E-state index in [-0.39, 0.29) is 24.1 Å². The van der Waals surface area contributed by atoms with E-state index in [1.165, 1.54) is 17.9 Å². The standard InChI is InChI=1S/C11H15N3O4/c1-5(16)10-12-4-14(13-10)7-6-2-11(6,3-15)9(18)8(7)17/h4,6-9,15,17-18H,2-3H2,1H3/t6?,7-,8+,9?,11+/m1/s1. The van der Waals surface area contributed by atoms with Crippen molar-refractivity contribution in [3.05, 3.63) is 12.2 Å². The van der Waals surface area contributed by atoms with Crippen molar-refractivity contribution >= 4 is 5.78 Å². The summed E-state index contributed by atoms with van der Waals surface area (Å²) in [7, 11) is 0. The van der Waals surface area contributed by atoms with E-state index in [0.717, 1.165) is 0 Å². The summed E-state index contributed by atoms with van der Waals surface area (Å²) in [6.45, 7) is 1.22. The fourth-order valence-electron chi connectivity index (χ4n) is 3.11. The molecule has 2 unspecified atom stereocenters. The summed E-state index contributed by atoms with van der Waals surface area (Å²) in [5, 5.41) is 33.4. The number of fused-ring (bicyclic) bond motifs is 1. The van der Waals surface area contributed by atoms with Gasteiger partial charge in [0.25, 0.3) is 0 Å². The number of nitrogens with zero attached hydrogens (tertiary/aromatic N) is 3. The summed E-state index contributed by atoms with van der Waals surface area (Å²) in [6.07, 6.45) is 0.102. The Morgan fingerprint density at radius 2 is 2.33 bits per heavy atom. The van der Waals surface area contributed by atoms with Crippen molar-refractivity contribution in [2.75, 3.05) is 6.61 Å². The fraction of sp³-hybridized carbons (Fsp3) is 0.727. The minimum absolute atomic E-state index is 0.0194. The number of ketones is 1. The molecule has 1 aromatic heterocycles. The Bertz CT molecular complexity index is 502. The van der Waals surface area contributed by atoms with Gasteiger partial charge in [0.15, 0.2) is 5.78 Å². The second-order valence-electron chi connectivity index (χ2n) is 5.23. The molecule has 1 heterocycles. The van der Waals surface area contributed by atoms with Crippen LogP contribution < -0.4 is 0 Å². The highest BCUT2D eigenvalue weighted by molar-refractivity contribution is 5.89. The van der Waals surface area contributed by atoms with E-state index >= 15 is 0 Å². The molecule has 2 aliphatic rings. The largest absolute Gasteiger partial charge is 0.396 e. The van der Waals surface area contributed by atoms with Crippen molar-refractivity contribution in [1.82, 2.24) is 14.8 Å². The van der Waals surface area contributed by atoms with Crippen molar-refractivity contribution in [2.45, 2.75) is 31.6 Å². The van der Waals surface area contributed by atoms with Crippen LogP contribution in [-0.2, 0) is 0 Å². The predicted octanol–water partition coefficient (Wildman–Crippen LogP) is -1.24. The predicted molar refractivity (Wildman–Crippen MR) is 58.7 cm³/mol. The summed E-state index contributed by atoms with van der Waals surface area (Å²) in [5.74, 6) is -0.168. The first-order chi connectivity index (χ1) is 8.51. The van der Waals surface area contributed by atoms with Crippen LogP contribution in [0.2, 0.25) is 0 Å². The number of rotatable bonds is 3. The zero-order chi connectivity index (χ0) is 13.1. The third kappa shape index (κ3) is 1.32. The first-order valence-corrected chi connectivity index (χ1v) is 5.90. The van der Waals surface area contributed by atoms with Gasteiger partial charge < -0.3 is 15.3 Å². The van der Waals surface area contributed by atoms with E-state index in [1.807, 2.05) is 0 Å². The Labute approximate surface area is 103 Å². The van der Waals surface area contributed by atoms with Crippen LogP contribution in [0, 0.1) is 11.3 Å².